The van der Waals surface area contributed by atoms with Crippen LogP contribution in [-0.4, -0.2) is 23.9 Å². The van der Waals surface area contributed by atoms with E-state index in [9.17, 15) is 4.79 Å². The summed E-state index contributed by atoms with van der Waals surface area (Å²) in [5.41, 5.74) is 2.30. The number of hydrogen-bond donors (Lipinski definition) is 1. The summed E-state index contributed by atoms with van der Waals surface area (Å²) in [4.78, 5) is 14.4. The lowest BCUT2D eigenvalue weighted by Crippen LogP contribution is -2.30. The zero-order valence-electron chi connectivity index (χ0n) is 12.3. The summed E-state index contributed by atoms with van der Waals surface area (Å²) in [6.07, 6.45) is 0. The molecule has 0 aliphatic rings. The van der Waals surface area contributed by atoms with Gasteiger partial charge in [-0.25, -0.2) is 0 Å². The summed E-state index contributed by atoms with van der Waals surface area (Å²) >= 11 is 6.06. The maximum Gasteiger partial charge on any atom is 0.255 e. The topological polar surface area (TPSA) is 32.3 Å². The average molecular weight is 303 g/mol. The number of amides is 1. The summed E-state index contributed by atoms with van der Waals surface area (Å²) in [5, 5.41) is 3.84. The fourth-order valence-electron chi connectivity index (χ4n) is 2.16. The molecule has 4 heteroatoms. The smallest absolute Gasteiger partial charge is 0.255 e. The van der Waals surface area contributed by atoms with Crippen molar-refractivity contribution in [2.75, 3.05) is 18.4 Å². The van der Waals surface area contributed by atoms with Crippen LogP contribution in [0.3, 0.4) is 0 Å². The van der Waals surface area contributed by atoms with Gasteiger partial charge in [0.25, 0.3) is 5.91 Å². The van der Waals surface area contributed by atoms with E-state index in [1.54, 1.807) is 17.0 Å². The van der Waals surface area contributed by atoms with Gasteiger partial charge in [-0.05, 0) is 44.2 Å². The second-order valence-electron chi connectivity index (χ2n) is 4.66. The Morgan fingerprint density at radius 3 is 2.38 bits per heavy atom. The lowest BCUT2D eigenvalue weighted by molar-refractivity contribution is 0.0774. The van der Waals surface area contributed by atoms with Crippen molar-refractivity contribution in [1.29, 1.82) is 0 Å². The van der Waals surface area contributed by atoms with E-state index in [1.165, 1.54) is 0 Å². The molecule has 0 atom stereocenters. The van der Waals surface area contributed by atoms with Gasteiger partial charge in [0.1, 0.15) is 0 Å². The van der Waals surface area contributed by atoms with Crippen LogP contribution < -0.4 is 5.32 Å². The molecule has 110 valence electrons. The Kier molecular flexibility index (Phi) is 5.23. The van der Waals surface area contributed by atoms with Crippen LogP contribution in [0, 0.1) is 0 Å². The standard InChI is InChI=1S/C17H19ClN2O/c1-3-20(4-2)17(21)15-12-13(18)10-11-16(15)19-14-8-6-5-7-9-14/h5-12,19H,3-4H2,1-2H3. The van der Waals surface area contributed by atoms with Gasteiger partial charge >= 0.3 is 0 Å². The molecule has 0 saturated heterocycles. The highest BCUT2D eigenvalue weighted by Gasteiger charge is 2.17. The maximum absolute atomic E-state index is 12.6. The van der Waals surface area contributed by atoms with Crippen LogP contribution in [-0.2, 0) is 0 Å². The Hall–Kier alpha value is -2.00. The third-order valence-electron chi connectivity index (χ3n) is 3.32. The number of anilines is 2. The van der Waals surface area contributed by atoms with Crippen molar-refractivity contribution >= 4 is 28.9 Å². The molecule has 0 unspecified atom stereocenters. The van der Waals surface area contributed by atoms with Crippen molar-refractivity contribution < 1.29 is 4.79 Å². The summed E-state index contributed by atoms with van der Waals surface area (Å²) in [7, 11) is 0. The van der Waals surface area contributed by atoms with Crippen molar-refractivity contribution in [3.63, 3.8) is 0 Å². The molecule has 0 radical (unpaired) electrons. The third kappa shape index (κ3) is 3.76. The molecule has 0 bridgehead atoms. The van der Waals surface area contributed by atoms with Gasteiger partial charge in [0.15, 0.2) is 0 Å². The minimum absolute atomic E-state index is 0.0130. The highest BCUT2D eigenvalue weighted by Crippen LogP contribution is 2.25. The number of hydrogen-bond acceptors (Lipinski definition) is 2. The summed E-state index contributed by atoms with van der Waals surface area (Å²) in [5.74, 6) is -0.0130. The zero-order chi connectivity index (χ0) is 15.2. The molecule has 2 aromatic carbocycles. The molecule has 21 heavy (non-hydrogen) atoms. The first-order valence-electron chi connectivity index (χ1n) is 7.06. The maximum atomic E-state index is 12.6. The predicted molar refractivity (Wildman–Crippen MR) is 88.4 cm³/mol. The second kappa shape index (κ2) is 7.14. The number of carbonyl (C=O) groups is 1. The molecule has 1 amide bonds. The quantitative estimate of drug-likeness (QED) is 0.877. The molecular formula is C17H19ClN2O. The Bertz CT molecular complexity index is 609. The van der Waals surface area contributed by atoms with Crippen molar-refractivity contribution in [2.24, 2.45) is 0 Å². The highest BCUT2D eigenvalue weighted by atomic mass is 35.5. The number of halogens is 1. The summed E-state index contributed by atoms with van der Waals surface area (Å²) < 4.78 is 0. The first-order valence-corrected chi connectivity index (χ1v) is 7.44. The molecule has 2 aromatic rings. The first-order chi connectivity index (χ1) is 10.2. The molecule has 0 aliphatic heterocycles. The van der Waals surface area contributed by atoms with Crippen molar-refractivity contribution in [3.05, 3.63) is 59.1 Å². The van der Waals surface area contributed by atoms with Gasteiger partial charge < -0.3 is 10.2 Å². The second-order valence-corrected chi connectivity index (χ2v) is 5.09. The van der Waals surface area contributed by atoms with E-state index in [2.05, 4.69) is 5.32 Å². The normalized spacial score (nSPS) is 10.2. The van der Waals surface area contributed by atoms with Gasteiger partial charge in [0.2, 0.25) is 0 Å². The Morgan fingerprint density at radius 1 is 1.10 bits per heavy atom. The molecule has 1 N–H and O–H groups in total. The van der Waals surface area contributed by atoms with Crippen LogP contribution in [0.4, 0.5) is 11.4 Å². The van der Waals surface area contributed by atoms with Crippen LogP contribution in [0.5, 0.6) is 0 Å². The van der Waals surface area contributed by atoms with Crippen LogP contribution in [0.25, 0.3) is 0 Å². The molecule has 0 aromatic heterocycles. The van der Waals surface area contributed by atoms with Crippen LogP contribution in [0.15, 0.2) is 48.5 Å². The lowest BCUT2D eigenvalue weighted by atomic mass is 10.1. The molecule has 2 rings (SSSR count). The van der Waals surface area contributed by atoms with Gasteiger partial charge in [-0.3, -0.25) is 4.79 Å². The Balaban J connectivity index is 2.36. The predicted octanol–water partition coefficient (Wildman–Crippen LogP) is 4.57. The average Bonchev–Trinajstić information content (AvgIpc) is 2.51. The van der Waals surface area contributed by atoms with Gasteiger partial charge in [0.05, 0.1) is 11.3 Å². The number of benzene rings is 2. The van der Waals surface area contributed by atoms with Crippen molar-refractivity contribution in [2.45, 2.75) is 13.8 Å². The minimum Gasteiger partial charge on any atom is -0.355 e. The number of para-hydroxylation sites is 1. The molecule has 0 spiro atoms. The van der Waals surface area contributed by atoms with Gasteiger partial charge in [-0.15, -0.1) is 0 Å². The van der Waals surface area contributed by atoms with Crippen LogP contribution >= 0.6 is 11.6 Å². The molecular weight excluding hydrogens is 284 g/mol. The Labute approximate surface area is 130 Å². The summed E-state index contributed by atoms with van der Waals surface area (Å²) in [6.45, 7) is 5.28. The number of rotatable bonds is 5. The number of carbonyl (C=O) groups excluding carboxylic acids is 1. The summed E-state index contributed by atoms with van der Waals surface area (Å²) in [6, 6.07) is 15.1. The van der Waals surface area contributed by atoms with E-state index in [1.807, 2.05) is 50.2 Å². The zero-order valence-corrected chi connectivity index (χ0v) is 13.0. The fraction of sp³-hybridized carbons (Fsp3) is 0.235. The van der Waals surface area contributed by atoms with Gasteiger partial charge in [-0.1, -0.05) is 29.8 Å². The lowest BCUT2D eigenvalue weighted by Gasteiger charge is -2.21. The number of nitrogens with zero attached hydrogens (tertiary/aromatic N) is 1. The van der Waals surface area contributed by atoms with Crippen LogP contribution in [0.1, 0.15) is 24.2 Å². The first kappa shape index (κ1) is 15.4. The van der Waals surface area contributed by atoms with Crippen molar-refractivity contribution in [3.8, 4) is 0 Å². The minimum atomic E-state index is -0.0130. The van der Waals surface area contributed by atoms with Crippen molar-refractivity contribution in [1.82, 2.24) is 4.90 Å². The van der Waals surface area contributed by atoms with E-state index in [4.69, 9.17) is 11.6 Å². The highest BCUT2D eigenvalue weighted by molar-refractivity contribution is 6.31. The Morgan fingerprint density at radius 2 is 1.76 bits per heavy atom. The number of nitrogens with one attached hydrogen (secondary N) is 1. The van der Waals surface area contributed by atoms with E-state index >= 15 is 0 Å². The van der Waals surface area contributed by atoms with E-state index in [-0.39, 0.29) is 5.91 Å². The molecule has 0 heterocycles. The molecule has 3 nitrogen and oxygen atoms in total. The SMILES string of the molecule is CCN(CC)C(=O)c1cc(Cl)ccc1Nc1ccccc1. The fourth-order valence-corrected chi connectivity index (χ4v) is 2.33. The van der Waals surface area contributed by atoms with Gasteiger partial charge in [0, 0.05) is 23.8 Å². The van der Waals surface area contributed by atoms with Crippen LogP contribution in [0.2, 0.25) is 5.02 Å². The monoisotopic (exact) mass is 302 g/mol. The molecule has 0 aliphatic carbocycles. The third-order valence-corrected chi connectivity index (χ3v) is 3.55. The van der Waals surface area contributed by atoms with E-state index < -0.39 is 0 Å². The largest absolute Gasteiger partial charge is 0.355 e. The molecule has 0 saturated carbocycles. The van der Waals surface area contributed by atoms with Gasteiger partial charge in [-0.2, -0.15) is 0 Å². The molecule has 0 fully saturated rings. The van der Waals surface area contributed by atoms with E-state index in [0.717, 1.165) is 11.4 Å². The van der Waals surface area contributed by atoms with E-state index in [0.29, 0.717) is 23.7 Å².